The molecule has 12 heavy (non-hydrogen) atoms. The van der Waals surface area contributed by atoms with Gasteiger partial charge in [0.1, 0.15) is 0 Å². The molecule has 0 radical (unpaired) electrons. The predicted octanol–water partition coefficient (Wildman–Crippen LogP) is 3.26. The van der Waals surface area contributed by atoms with Crippen molar-refractivity contribution in [1.29, 1.82) is 0 Å². The molecule has 0 amide bonds. The summed E-state index contributed by atoms with van der Waals surface area (Å²) in [6.07, 6.45) is 11.3. The second-order valence-electron chi connectivity index (χ2n) is 2.84. The number of aliphatic imine (C=N–C) groups is 1. The second kappa shape index (κ2) is 4.70. The molecular weight excluding hydrogens is 146 g/mol. The first-order valence-corrected chi connectivity index (χ1v) is 4.42. The zero-order valence-corrected chi connectivity index (χ0v) is 7.59. The van der Waals surface area contributed by atoms with Crippen molar-refractivity contribution in [1.82, 2.24) is 0 Å². The van der Waals surface area contributed by atoms with Crippen LogP contribution >= 0.6 is 0 Å². The highest BCUT2D eigenvalue weighted by atomic mass is 14.7. The minimum Gasteiger partial charge on any atom is -0.261 e. The van der Waals surface area contributed by atoms with E-state index in [1.807, 2.05) is 6.20 Å². The summed E-state index contributed by atoms with van der Waals surface area (Å²) in [5, 5.41) is 0. The zero-order valence-electron chi connectivity index (χ0n) is 7.59. The summed E-state index contributed by atoms with van der Waals surface area (Å²) in [7, 11) is 0. The van der Waals surface area contributed by atoms with Gasteiger partial charge in [0.05, 0.1) is 0 Å². The average molecular weight is 161 g/mol. The summed E-state index contributed by atoms with van der Waals surface area (Å²) in [4.78, 5) is 4.27. The van der Waals surface area contributed by atoms with E-state index >= 15 is 0 Å². The molecule has 0 spiro atoms. The topological polar surface area (TPSA) is 12.4 Å². The van der Waals surface area contributed by atoms with Crippen LogP contribution in [-0.4, -0.2) is 5.71 Å². The molecule has 1 heterocycles. The summed E-state index contributed by atoms with van der Waals surface area (Å²) < 4.78 is 0. The van der Waals surface area contributed by atoms with Gasteiger partial charge in [-0.25, -0.2) is 0 Å². The molecule has 1 aliphatic rings. The van der Waals surface area contributed by atoms with E-state index in [-0.39, 0.29) is 0 Å². The number of hydrogen-bond acceptors (Lipinski definition) is 1. The molecule has 0 N–H and O–H groups in total. The van der Waals surface area contributed by atoms with Crippen LogP contribution in [0, 0.1) is 0 Å². The van der Waals surface area contributed by atoms with Crippen molar-refractivity contribution in [3.63, 3.8) is 0 Å². The molecule has 0 aliphatic carbocycles. The SMILES string of the molecule is C=C(/C=C\CC)C1=NC=CCC1. The van der Waals surface area contributed by atoms with Crippen LogP contribution in [0.15, 0.2) is 41.6 Å². The molecule has 0 aromatic rings. The highest BCUT2D eigenvalue weighted by Crippen LogP contribution is 2.10. The molecule has 0 aromatic carbocycles. The van der Waals surface area contributed by atoms with Crippen LogP contribution in [0.3, 0.4) is 0 Å². The van der Waals surface area contributed by atoms with Crippen LogP contribution in [-0.2, 0) is 0 Å². The lowest BCUT2D eigenvalue weighted by atomic mass is 10.1. The fourth-order valence-electron chi connectivity index (χ4n) is 1.10. The second-order valence-corrected chi connectivity index (χ2v) is 2.84. The fraction of sp³-hybridized carbons (Fsp3) is 0.364. The van der Waals surface area contributed by atoms with Crippen molar-refractivity contribution < 1.29 is 0 Å². The van der Waals surface area contributed by atoms with E-state index in [0.717, 1.165) is 30.5 Å². The zero-order chi connectivity index (χ0) is 8.81. The molecular formula is C11H15N. The third-order valence-electron chi connectivity index (χ3n) is 1.81. The Labute approximate surface area is 74.2 Å². The molecule has 1 rings (SSSR count). The highest BCUT2D eigenvalue weighted by Gasteiger charge is 2.02. The number of nitrogens with zero attached hydrogens (tertiary/aromatic N) is 1. The third-order valence-corrected chi connectivity index (χ3v) is 1.81. The van der Waals surface area contributed by atoms with Crippen LogP contribution < -0.4 is 0 Å². The summed E-state index contributed by atoms with van der Waals surface area (Å²) in [5.74, 6) is 0. The van der Waals surface area contributed by atoms with Gasteiger partial charge in [0, 0.05) is 11.9 Å². The standard InChI is InChI=1S/C11H15N/c1-3-4-7-10(2)11-8-5-6-9-12-11/h4,6-7,9H,2-3,5,8H2,1H3/b7-4-. The summed E-state index contributed by atoms with van der Waals surface area (Å²) in [6, 6.07) is 0. The Morgan fingerprint density at radius 2 is 2.58 bits per heavy atom. The molecule has 0 saturated heterocycles. The number of rotatable bonds is 3. The van der Waals surface area contributed by atoms with Crippen molar-refractivity contribution >= 4 is 5.71 Å². The molecule has 64 valence electrons. The minimum atomic E-state index is 1.03. The lowest BCUT2D eigenvalue weighted by molar-refractivity contribution is 1.06. The fourth-order valence-corrected chi connectivity index (χ4v) is 1.10. The van der Waals surface area contributed by atoms with Crippen LogP contribution in [0.5, 0.6) is 0 Å². The van der Waals surface area contributed by atoms with Gasteiger partial charge >= 0.3 is 0 Å². The van der Waals surface area contributed by atoms with E-state index in [9.17, 15) is 0 Å². The van der Waals surface area contributed by atoms with Gasteiger partial charge in [0.25, 0.3) is 0 Å². The number of hydrogen-bond donors (Lipinski definition) is 0. The molecule has 0 aromatic heterocycles. The molecule has 0 saturated carbocycles. The molecule has 1 heteroatoms. The van der Waals surface area contributed by atoms with Gasteiger partial charge < -0.3 is 0 Å². The highest BCUT2D eigenvalue weighted by molar-refractivity contribution is 6.02. The van der Waals surface area contributed by atoms with Gasteiger partial charge in [-0.2, -0.15) is 0 Å². The van der Waals surface area contributed by atoms with Crippen molar-refractivity contribution in [3.05, 3.63) is 36.6 Å². The maximum Gasteiger partial charge on any atom is 0.0472 e. The Morgan fingerprint density at radius 3 is 3.17 bits per heavy atom. The summed E-state index contributed by atoms with van der Waals surface area (Å²) in [5.41, 5.74) is 2.18. The molecule has 1 aliphatic heterocycles. The Hall–Kier alpha value is -1.11. The van der Waals surface area contributed by atoms with Gasteiger partial charge in [-0.05, 0) is 24.8 Å². The first-order chi connectivity index (χ1) is 5.84. The van der Waals surface area contributed by atoms with Crippen LogP contribution in [0.4, 0.5) is 0 Å². The van der Waals surface area contributed by atoms with Gasteiger partial charge in [-0.15, -0.1) is 0 Å². The quantitative estimate of drug-likeness (QED) is 0.563. The smallest absolute Gasteiger partial charge is 0.0472 e. The van der Waals surface area contributed by atoms with Crippen LogP contribution in [0.1, 0.15) is 26.2 Å². The maximum atomic E-state index is 4.27. The first kappa shape index (κ1) is 8.98. The van der Waals surface area contributed by atoms with Gasteiger partial charge in [0.2, 0.25) is 0 Å². The summed E-state index contributed by atoms with van der Waals surface area (Å²) in [6.45, 7) is 6.08. The van der Waals surface area contributed by atoms with E-state index in [1.54, 1.807) is 0 Å². The van der Waals surface area contributed by atoms with Crippen molar-refractivity contribution in [2.45, 2.75) is 26.2 Å². The van der Waals surface area contributed by atoms with Crippen molar-refractivity contribution in [2.75, 3.05) is 0 Å². The largest absolute Gasteiger partial charge is 0.261 e. The van der Waals surface area contributed by atoms with E-state index in [0.29, 0.717) is 0 Å². The van der Waals surface area contributed by atoms with E-state index in [4.69, 9.17) is 0 Å². The maximum absolute atomic E-state index is 4.27. The Bertz CT molecular complexity index is 244. The first-order valence-electron chi connectivity index (χ1n) is 4.42. The Kier molecular flexibility index (Phi) is 3.52. The molecule has 0 unspecified atom stereocenters. The Balaban J connectivity index is 2.57. The summed E-state index contributed by atoms with van der Waals surface area (Å²) >= 11 is 0. The van der Waals surface area contributed by atoms with E-state index in [1.165, 1.54) is 0 Å². The molecule has 0 bridgehead atoms. The van der Waals surface area contributed by atoms with E-state index < -0.39 is 0 Å². The minimum absolute atomic E-state index is 1.03. The normalized spacial score (nSPS) is 16.6. The average Bonchev–Trinajstić information content (AvgIpc) is 2.15. The van der Waals surface area contributed by atoms with Crippen LogP contribution in [0.25, 0.3) is 0 Å². The monoisotopic (exact) mass is 161 g/mol. The van der Waals surface area contributed by atoms with Gasteiger partial charge in [-0.3, -0.25) is 4.99 Å². The van der Waals surface area contributed by atoms with Gasteiger partial charge in [0.15, 0.2) is 0 Å². The van der Waals surface area contributed by atoms with Gasteiger partial charge in [-0.1, -0.05) is 31.7 Å². The van der Waals surface area contributed by atoms with Crippen molar-refractivity contribution in [3.8, 4) is 0 Å². The van der Waals surface area contributed by atoms with E-state index in [2.05, 4.69) is 36.7 Å². The lowest BCUT2D eigenvalue weighted by Crippen LogP contribution is -2.01. The van der Waals surface area contributed by atoms with Crippen molar-refractivity contribution in [2.24, 2.45) is 4.99 Å². The Morgan fingerprint density at radius 1 is 1.75 bits per heavy atom. The molecule has 1 nitrogen and oxygen atoms in total. The molecule has 0 fully saturated rings. The third kappa shape index (κ3) is 2.50. The predicted molar refractivity (Wildman–Crippen MR) is 54.4 cm³/mol. The lowest BCUT2D eigenvalue weighted by Gasteiger charge is -2.06. The number of allylic oxidation sites excluding steroid dienone is 4. The van der Waals surface area contributed by atoms with Crippen LogP contribution in [0.2, 0.25) is 0 Å². The molecule has 0 atom stereocenters.